The minimum atomic E-state index is 0.196. The first-order valence-corrected chi connectivity index (χ1v) is 8.06. The van der Waals surface area contributed by atoms with Gasteiger partial charge in [0.2, 0.25) is 0 Å². The molecule has 0 bridgehead atoms. The molecule has 0 radical (unpaired) electrons. The summed E-state index contributed by atoms with van der Waals surface area (Å²) in [5.41, 5.74) is 2.17. The fourth-order valence-corrected chi connectivity index (χ4v) is 3.24. The zero-order valence-electron chi connectivity index (χ0n) is 12.5. The Morgan fingerprint density at radius 3 is 2.45 bits per heavy atom. The Hall–Kier alpha value is -2.26. The minimum absolute atomic E-state index is 0.196. The predicted molar refractivity (Wildman–Crippen MR) is 90.7 cm³/mol. The first-order valence-electron chi connectivity index (χ1n) is 7.24. The van der Waals surface area contributed by atoms with Crippen LogP contribution in [0.15, 0.2) is 60.7 Å². The number of phenolic OH excluding ortho intramolecular Hbond substituents is 1. The van der Waals surface area contributed by atoms with E-state index in [9.17, 15) is 5.11 Å². The quantitative estimate of drug-likeness (QED) is 0.724. The summed E-state index contributed by atoms with van der Waals surface area (Å²) in [6.45, 7) is 2.56. The van der Waals surface area contributed by atoms with Crippen molar-refractivity contribution in [2.75, 3.05) is 0 Å². The monoisotopic (exact) mass is 310 g/mol. The summed E-state index contributed by atoms with van der Waals surface area (Å²) in [6, 6.07) is 19.8. The van der Waals surface area contributed by atoms with Crippen LogP contribution in [-0.2, 0) is 13.0 Å². The van der Waals surface area contributed by atoms with Crippen molar-refractivity contribution < 1.29 is 9.84 Å². The van der Waals surface area contributed by atoms with Gasteiger partial charge in [-0.25, -0.2) is 0 Å². The Morgan fingerprint density at radius 2 is 1.77 bits per heavy atom. The molecule has 0 saturated heterocycles. The number of hydrogen-bond donors (Lipinski definition) is 1. The van der Waals surface area contributed by atoms with Gasteiger partial charge < -0.3 is 9.84 Å². The Kier molecular flexibility index (Phi) is 4.45. The van der Waals surface area contributed by atoms with Crippen LogP contribution in [0.25, 0.3) is 0 Å². The average Bonchev–Trinajstić information content (AvgIpc) is 2.92. The van der Waals surface area contributed by atoms with Crippen molar-refractivity contribution in [3.05, 3.63) is 81.5 Å². The lowest BCUT2D eigenvalue weighted by molar-refractivity contribution is 0.289. The summed E-state index contributed by atoms with van der Waals surface area (Å²) in [6.07, 6.45) is 0.838. The summed E-state index contributed by atoms with van der Waals surface area (Å²) >= 11 is 1.79. The Labute approximate surface area is 134 Å². The van der Waals surface area contributed by atoms with Crippen molar-refractivity contribution in [2.24, 2.45) is 0 Å². The molecule has 0 aliphatic carbocycles. The van der Waals surface area contributed by atoms with Gasteiger partial charge >= 0.3 is 0 Å². The Morgan fingerprint density at radius 1 is 0.955 bits per heavy atom. The molecule has 0 atom stereocenters. The molecule has 112 valence electrons. The number of benzene rings is 2. The zero-order chi connectivity index (χ0) is 15.4. The molecule has 0 aliphatic heterocycles. The number of rotatable bonds is 5. The van der Waals surface area contributed by atoms with E-state index in [1.54, 1.807) is 17.4 Å². The normalized spacial score (nSPS) is 10.6. The molecule has 0 unspecified atom stereocenters. The van der Waals surface area contributed by atoms with Crippen LogP contribution in [0.5, 0.6) is 11.5 Å². The molecule has 22 heavy (non-hydrogen) atoms. The van der Waals surface area contributed by atoms with Gasteiger partial charge in [-0.1, -0.05) is 36.4 Å². The summed E-state index contributed by atoms with van der Waals surface area (Å²) < 4.78 is 5.68. The predicted octanol–water partition coefficient (Wildman–Crippen LogP) is 4.93. The first kappa shape index (κ1) is 14.7. The van der Waals surface area contributed by atoms with Crippen LogP contribution in [-0.4, -0.2) is 5.11 Å². The van der Waals surface area contributed by atoms with Crippen LogP contribution in [0.1, 0.15) is 20.9 Å². The second-order valence-electron chi connectivity index (χ2n) is 5.27. The second-order valence-corrected chi connectivity index (χ2v) is 6.64. The van der Waals surface area contributed by atoms with Gasteiger partial charge in [0.1, 0.15) is 6.61 Å². The number of hydrogen-bond acceptors (Lipinski definition) is 3. The van der Waals surface area contributed by atoms with Crippen LogP contribution in [0, 0.1) is 6.92 Å². The van der Waals surface area contributed by atoms with Gasteiger partial charge in [-0.15, -0.1) is 11.3 Å². The molecule has 1 N–H and O–H groups in total. The smallest absolute Gasteiger partial charge is 0.161 e. The SMILES string of the molecule is Cc1ccc(Cc2ccc(OCc3ccccc3)c(O)c2)s1. The fraction of sp³-hybridized carbons (Fsp3) is 0.158. The lowest BCUT2D eigenvalue weighted by Gasteiger charge is -2.09. The highest BCUT2D eigenvalue weighted by Gasteiger charge is 2.06. The van der Waals surface area contributed by atoms with Crippen molar-refractivity contribution in [3.8, 4) is 11.5 Å². The van der Waals surface area contributed by atoms with Crippen LogP contribution in [0.4, 0.5) is 0 Å². The molecule has 1 aromatic heterocycles. The third kappa shape index (κ3) is 3.68. The lowest BCUT2D eigenvalue weighted by Crippen LogP contribution is -1.96. The molecule has 0 spiro atoms. The van der Waals surface area contributed by atoms with Crippen molar-refractivity contribution in [2.45, 2.75) is 20.0 Å². The lowest BCUT2D eigenvalue weighted by atomic mass is 10.1. The minimum Gasteiger partial charge on any atom is -0.504 e. The van der Waals surface area contributed by atoms with Crippen molar-refractivity contribution in [1.82, 2.24) is 0 Å². The van der Waals surface area contributed by atoms with Gasteiger partial charge in [-0.3, -0.25) is 0 Å². The molecule has 3 rings (SSSR count). The number of aryl methyl sites for hydroxylation is 1. The largest absolute Gasteiger partial charge is 0.504 e. The molecular weight excluding hydrogens is 292 g/mol. The molecule has 0 amide bonds. The van der Waals surface area contributed by atoms with E-state index in [4.69, 9.17) is 4.74 Å². The van der Waals surface area contributed by atoms with Gasteiger partial charge in [-0.05, 0) is 42.3 Å². The molecule has 3 aromatic rings. The van der Waals surface area contributed by atoms with Gasteiger partial charge in [0.25, 0.3) is 0 Å². The molecular formula is C19H18O2S. The highest BCUT2D eigenvalue weighted by atomic mass is 32.1. The molecule has 3 heteroatoms. The standard InChI is InChI=1S/C19H18O2S/c1-14-7-9-17(22-14)11-16-8-10-19(18(20)12-16)21-13-15-5-3-2-4-6-15/h2-10,12,20H,11,13H2,1H3. The highest BCUT2D eigenvalue weighted by molar-refractivity contribution is 7.11. The maximum atomic E-state index is 10.1. The Bertz CT molecular complexity index is 747. The fourth-order valence-electron chi connectivity index (χ4n) is 2.31. The van der Waals surface area contributed by atoms with Gasteiger partial charge in [0.15, 0.2) is 11.5 Å². The van der Waals surface area contributed by atoms with E-state index in [0.717, 1.165) is 17.5 Å². The van der Waals surface area contributed by atoms with Gasteiger partial charge in [0, 0.05) is 16.2 Å². The van der Waals surface area contributed by atoms with Crippen LogP contribution in [0.3, 0.4) is 0 Å². The third-order valence-corrected chi connectivity index (χ3v) is 4.44. The van der Waals surface area contributed by atoms with E-state index in [2.05, 4.69) is 19.1 Å². The molecule has 2 nitrogen and oxygen atoms in total. The number of phenols is 1. The molecule has 1 heterocycles. The maximum absolute atomic E-state index is 10.1. The first-order chi connectivity index (χ1) is 10.7. The van der Waals surface area contributed by atoms with Crippen LogP contribution < -0.4 is 4.74 Å². The third-order valence-electron chi connectivity index (χ3n) is 3.43. The molecule has 0 fully saturated rings. The zero-order valence-corrected chi connectivity index (χ0v) is 13.3. The van der Waals surface area contributed by atoms with E-state index in [-0.39, 0.29) is 5.75 Å². The van der Waals surface area contributed by atoms with E-state index in [1.165, 1.54) is 9.75 Å². The van der Waals surface area contributed by atoms with E-state index in [1.807, 2.05) is 42.5 Å². The molecule has 2 aromatic carbocycles. The topological polar surface area (TPSA) is 29.5 Å². The van der Waals surface area contributed by atoms with E-state index >= 15 is 0 Å². The van der Waals surface area contributed by atoms with Crippen LogP contribution >= 0.6 is 11.3 Å². The highest BCUT2D eigenvalue weighted by Crippen LogP contribution is 2.29. The molecule has 0 saturated carbocycles. The second kappa shape index (κ2) is 6.67. The van der Waals surface area contributed by atoms with Gasteiger partial charge in [-0.2, -0.15) is 0 Å². The summed E-state index contributed by atoms with van der Waals surface area (Å²) in [5.74, 6) is 0.719. The summed E-state index contributed by atoms with van der Waals surface area (Å²) in [4.78, 5) is 2.61. The van der Waals surface area contributed by atoms with Gasteiger partial charge in [0.05, 0.1) is 0 Å². The van der Waals surface area contributed by atoms with Crippen molar-refractivity contribution in [3.63, 3.8) is 0 Å². The number of aromatic hydroxyl groups is 1. The number of ether oxygens (including phenoxy) is 1. The Balaban J connectivity index is 1.67. The van der Waals surface area contributed by atoms with E-state index in [0.29, 0.717) is 12.4 Å². The van der Waals surface area contributed by atoms with Crippen LogP contribution in [0.2, 0.25) is 0 Å². The number of thiophene rings is 1. The average molecular weight is 310 g/mol. The molecule has 0 aliphatic rings. The maximum Gasteiger partial charge on any atom is 0.161 e. The van der Waals surface area contributed by atoms with Crippen molar-refractivity contribution in [1.29, 1.82) is 0 Å². The summed E-state index contributed by atoms with van der Waals surface area (Å²) in [7, 11) is 0. The summed E-state index contributed by atoms with van der Waals surface area (Å²) in [5, 5.41) is 10.1. The van der Waals surface area contributed by atoms with Crippen molar-refractivity contribution >= 4 is 11.3 Å². The van der Waals surface area contributed by atoms with E-state index < -0.39 is 0 Å².